The van der Waals surface area contributed by atoms with Crippen LogP contribution in [0.2, 0.25) is 5.02 Å². The Morgan fingerprint density at radius 2 is 1.77 bits per heavy atom. The highest BCUT2D eigenvalue weighted by Crippen LogP contribution is 2.34. The molecule has 0 aromatic heterocycles. The molecule has 1 aliphatic carbocycles. The van der Waals surface area contributed by atoms with E-state index in [0.29, 0.717) is 36.6 Å². The Morgan fingerprint density at radius 3 is 2.35 bits per heavy atom. The third-order valence-electron chi connectivity index (χ3n) is 6.56. The summed E-state index contributed by atoms with van der Waals surface area (Å²) in [6.07, 6.45) is 6.20. The molecule has 9 heteroatoms. The second-order valence-electron chi connectivity index (χ2n) is 8.63. The van der Waals surface area contributed by atoms with Crippen molar-refractivity contribution in [2.45, 2.75) is 57.9 Å². The van der Waals surface area contributed by atoms with Gasteiger partial charge in [-0.25, -0.2) is 8.42 Å². The zero-order chi connectivity index (χ0) is 21.8. The number of amides is 1. The van der Waals surface area contributed by atoms with Gasteiger partial charge in [-0.15, -0.1) is 12.4 Å². The fraction of sp³-hybridized carbons (Fsp3) is 0.682. The molecule has 1 heterocycles. The van der Waals surface area contributed by atoms with Gasteiger partial charge in [0.1, 0.15) is 0 Å². The van der Waals surface area contributed by atoms with Gasteiger partial charge in [0, 0.05) is 48.8 Å². The average Bonchev–Trinajstić information content (AvgIpc) is 2.75. The molecule has 1 saturated heterocycles. The van der Waals surface area contributed by atoms with Crippen LogP contribution < -0.4 is 5.32 Å². The maximum absolute atomic E-state index is 12.8. The van der Waals surface area contributed by atoms with Crippen LogP contribution in [-0.2, 0) is 10.0 Å². The van der Waals surface area contributed by atoms with E-state index in [1.807, 2.05) is 19.9 Å². The van der Waals surface area contributed by atoms with Crippen LogP contribution in [-0.4, -0.2) is 67.5 Å². The molecule has 2 aliphatic rings. The molecule has 176 valence electrons. The zero-order valence-corrected chi connectivity index (χ0v) is 20.9. The molecule has 1 aliphatic heterocycles. The number of sulfonamides is 1. The first kappa shape index (κ1) is 26.4. The van der Waals surface area contributed by atoms with Gasteiger partial charge in [-0.1, -0.05) is 43.9 Å². The summed E-state index contributed by atoms with van der Waals surface area (Å²) in [5.74, 6) is 0.110. The largest absolute Gasteiger partial charge is 0.350 e. The number of aryl methyl sites for hydroxylation is 1. The Hall–Kier alpha value is -0.860. The summed E-state index contributed by atoms with van der Waals surface area (Å²) in [6, 6.07) is 5.39. The highest BCUT2D eigenvalue weighted by atomic mass is 35.5. The van der Waals surface area contributed by atoms with Gasteiger partial charge < -0.3 is 5.32 Å². The van der Waals surface area contributed by atoms with Crippen molar-refractivity contribution in [2.24, 2.45) is 0 Å². The Kier molecular flexibility index (Phi) is 9.64. The summed E-state index contributed by atoms with van der Waals surface area (Å²) in [5.41, 5.74) is 1.43. The first-order valence-corrected chi connectivity index (χ1v) is 13.0. The van der Waals surface area contributed by atoms with Gasteiger partial charge in [0.05, 0.1) is 5.75 Å². The fourth-order valence-electron chi connectivity index (χ4n) is 4.72. The second kappa shape index (κ2) is 11.3. The molecule has 3 rings (SSSR count). The van der Waals surface area contributed by atoms with Gasteiger partial charge >= 0.3 is 0 Å². The van der Waals surface area contributed by atoms with Crippen LogP contribution in [0.3, 0.4) is 0 Å². The molecule has 31 heavy (non-hydrogen) atoms. The van der Waals surface area contributed by atoms with Crippen molar-refractivity contribution in [3.05, 3.63) is 34.3 Å². The maximum Gasteiger partial charge on any atom is 0.251 e. The van der Waals surface area contributed by atoms with Crippen molar-refractivity contribution < 1.29 is 13.2 Å². The molecule has 0 bridgehead atoms. The van der Waals surface area contributed by atoms with Crippen molar-refractivity contribution in [3.63, 3.8) is 0 Å². The molecule has 1 N–H and O–H groups in total. The van der Waals surface area contributed by atoms with Gasteiger partial charge in [-0.2, -0.15) is 4.31 Å². The summed E-state index contributed by atoms with van der Waals surface area (Å²) in [5, 5.41) is 3.74. The molecule has 1 aromatic carbocycles. The number of nitrogens with one attached hydrogen (secondary N) is 1. The minimum absolute atomic E-state index is 0. The van der Waals surface area contributed by atoms with E-state index in [0.717, 1.165) is 44.3 Å². The van der Waals surface area contributed by atoms with E-state index in [1.165, 1.54) is 6.42 Å². The van der Waals surface area contributed by atoms with Crippen LogP contribution in [0.25, 0.3) is 0 Å². The van der Waals surface area contributed by atoms with Crippen LogP contribution in [0, 0.1) is 6.92 Å². The van der Waals surface area contributed by atoms with Crippen molar-refractivity contribution in [3.8, 4) is 0 Å². The van der Waals surface area contributed by atoms with E-state index < -0.39 is 10.0 Å². The molecule has 0 atom stereocenters. The molecular weight excluding hydrogens is 457 g/mol. The van der Waals surface area contributed by atoms with Crippen molar-refractivity contribution in [1.29, 1.82) is 0 Å². The summed E-state index contributed by atoms with van der Waals surface area (Å²) < 4.78 is 26.5. The van der Waals surface area contributed by atoms with Gasteiger partial charge in [0.15, 0.2) is 0 Å². The Morgan fingerprint density at radius 1 is 1.13 bits per heavy atom. The minimum Gasteiger partial charge on any atom is -0.350 e. The molecule has 1 aromatic rings. The third kappa shape index (κ3) is 6.35. The lowest BCUT2D eigenvalue weighted by Gasteiger charge is -2.49. The van der Waals surface area contributed by atoms with E-state index in [9.17, 15) is 13.2 Å². The highest BCUT2D eigenvalue weighted by molar-refractivity contribution is 7.89. The lowest BCUT2D eigenvalue weighted by Crippen LogP contribution is -2.62. The second-order valence-corrected chi connectivity index (χ2v) is 11.1. The maximum atomic E-state index is 12.8. The molecular formula is C22H35Cl2N3O3S. The normalized spacial score (nSPS) is 20.1. The lowest BCUT2D eigenvalue weighted by molar-refractivity contribution is 0.0240. The van der Waals surface area contributed by atoms with E-state index >= 15 is 0 Å². The average molecular weight is 493 g/mol. The van der Waals surface area contributed by atoms with Crippen LogP contribution >= 0.6 is 24.0 Å². The molecule has 0 radical (unpaired) electrons. The van der Waals surface area contributed by atoms with E-state index in [-0.39, 0.29) is 29.6 Å². The number of carbonyl (C=O) groups is 1. The number of nitrogens with zero attached hydrogens (tertiary/aromatic N) is 2. The minimum atomic E-state index is -3.15. The smallest absolute Gasteiger partial charge is 0.251 e. The molecule has 6 nitrogen and oxygen atoms in total. The zero-order valence-electron chi connectivity index (χ0n) is 18.5. The molecule has 0 unspecified atom stereocenters. The van der Waals surface area contributed by atoms with Crippen LogP contribution in [0.4, 0.5) is 0 Å². The number of carbonyl (C=O) groups excluding carboxylic acids is 1. The fourth-order valence-corrected chi connectivity index (χ4v) is 6.40. The van der Waals surface area contributed by atoms with Gasteiger partial charge in [-0.3, -0.25) is 9.69 Å². The van der Waals surface area contributed by atoms with Gasteiger partial charge in [0.2, 0.25) is 10.0 Å². The number of hydrogen-bond donors (Lipinski definition) is 1. The summed E-state index contributed by atoms with van der Waals surface area (Å²) >= 11 is 6.19. The first-order valence-electron chi connectivity index (χ1n) is 11.0. The van der Waals surface area contributed by atoms with Crippen molar-refractivity contribution >= 4 is 39.9 Å². The van der Waals surface area contributed by atoms with E-state index in [1.54, 1.807) is 16.4 Å². The quantitative estimate of drug-likeness (QED) is 0.628. The standard InChI is InChI=1S/C22H34ClN3O3S.ClH/c1-3-15-30(28,29)26-13-11-25(12-14-26)22(9-5-4-6-10-22)17-24-21(27)19-8-7-18(2)20(23)16-19;/h7-8,16H,3-6,9-15,17H2,1-2H3,(H,24,27);1H. The van der Waals surface area contributed by atoms with Crippen LogP contribution in [0.15, 0.2) is 18.2 Å². The topological polar surface area (TPSA) is 69.7 Å². The Bertz CT molecular complexity index is 850. The molecule has 2 fully saturated rings. The van der Waals surface area contributed by atoms with Gasteiger partial charge in [0.25, 0.3) is 5.91 Å². The first-order chi connectivity index (χ1) is 14.3. The lowest BCUT2D eigenvalue weighted by atomic mass is 9.79. The number of hydrogen-bond acceptors (Lipinski definition) is 4. The third-order valence-corrected chi connectivity index (χ3v) is 9.04. The molecule has 1 amide bonds. The monoisotopic (exact) mass is 491 g/mol. The number of piperazine rings is 1. The highest BCUT2D eigenvalue weighted by Gasteiger charge is 2.40. The Balaban J connectivity index is 0.00000341. The van der Waals surface area contributed by atoms with E-state index in [2.05, 4.69) is 10.2 Å². The Labute approximate surface area is 198 Å². The number of halogens is 2. The van der Waals surface area contributed by atoms with E-state index in [4.69, 9.17) is 11.6 Å². The summed E-state index contributed by atoms with van der Waals surface area (Å²) in [7, 11) is -3.15. The predicted molar refractivity (Wildman–Crippen MR) is 129 cm³/mol. The number of rotatable bonds is 7. The number of benzene rings is 1. The van der Waals surface area contributed by atoms with Crippen LogP contribution in [0.1, 0.15) is 61.4 Å². The summed E-state index contributed by atoms with van der Waals surface area (Å²) in [6.45, 7) is 6.90. The van der Waals surface area contributed by atoms with Crippen molar-refractivity contribution in [2.75, 3.05) is 38.5 Å². The molecule has 0 spiro atoms. The van der Waals surface area contributed by atoms with Crippen molar-refractivity contribution in [1.82, 2.24) is 14.5 Å². The van der Waals surface area contributed by atoms with Crippen LogP contribution in [0.5, 0.6) is 0 Å². The molecule has 1 saturated carbocycles. The SMILES string of the molecule is CCCS(=O)(=O)N1CCN(C2(CNC(=O)c3ccc(C)c(Cl)c3)CCCCC2)CC1.Cl. The van der Waals surface area contributed by atoms with Gasteiger partial charge in [-0.05, 0) is 43.9 Å². The predicted octanol–water partition coefficient (Wildman–Crippen LogP) is 3.86. The summed E-state index contributed by atoms with van der Waals surface area (Å²) in [4.78, 5) is 15.2.